The van der Waals surface area contributed by atoms with E-state index in [9.17, 15) is 18.0 Å². The molecule has 0 aliphatic rings. The Kier molecular flexibility index (Phi) is 3.39. The molecular weight excluding hydrogens is 277 g/mol. The second-order valence-corrected chi connectivity index (χ2v) is 3.89. The van der Waals surface area contributed by atoms with Gasteiger partial charge in [-0.3, -0.25) is 4.57 Å². The lowest BCUT2D eigenvalue weighted by molar-refractivity contribution is -0.138. The number of alkyl halides is 3. The number of hydrogen-bond donors (Lipinski definition) is 1. The Labute approximate surface area is 111 Å². The smallest absolute Gasteiger partial charge is 0.419 e. The largest absolute Gasteiger partial charge is 0.477 e. The highest BCUT2D eigenvalue weighted by Gasteiger charge is 2.34. The van der Waals surface area contributed by atoms with Crippen LogP contribution in [-0.2, 0) is 13.2 Å². The molecule has 106 valence electrons. The van der Waals surface area contributed by atoms with Gasteiger partial charge in [-0.2, -0.15) is 13.2 Å². The van der Waals surface area contributed by atoms with Crippen LogP contribution in [-0.4, -0.2) is 20.6 Å². The van der Waals surface area contributed by atoms with Gasteiger partial charge in [-0.1, -0.05) is 12.1 Å². The Hall–Kier alpha value is -2.51. The molecule has 1 heterocycles. The van der Waals surface area contributed by atoms with Crippen LogP contribution in [0.5, 0.6) is 11.8 Å². The first-order valence-corrected chi connectivity index (χ1v) is 5.40. The molecule has 0 aliphatic carbocycles. The van der Waals surface area contributed by atoms with Gasteiger partial charge >= 0.3 is 18.2 Å². The number of carbonyl (C=O) groups is 1. The van der Waals surface area contributed by atoms with Gasteiger partial charge in [0.15, 0.2) is 0 Å². The molecule has 5 nitrogen and oxygen atoms in total. The number of para-hydroxylation sites is 1. The molecule has 0 atom stereocenters. The molecule has 0 aliphatic heterocycles. The van der Waals surface area contributed by atoms with Crippen LogP contribution in [0.3, 0.4) is 0 Å². The van der Waals surface area contributed by atoms with Gasteiger partial charge in [0.2, 0.25) is 0 Å². The minimum atomic E-state index is -4.57. The van der Waals surface area contributed by atoms with Gasteiger partial charge < -0.3 is 9.84 Å². The fourth-order valence-corrected chi connectivity index (χ4v) is 1.57. The summed E-state index contributed by atoms with van der Waals surface area (Å²) in [6.07, 6.45) is -3.56. The second kappa shape index (κ2) is 4.87. The van der Waals surface area contributed by atoms with E-state index in [1.165, 1.54) is 19.2 Å². The Morgan fingerprint density at radius 1 is 1.35 bits per heavy atom. The predicted octanol–water partition coefficient (Wildman–Crippen LogP) is 2.93. The first-order valence-electron chi connectivity index (χ1n) is 5.40. The third-order valence-corrected chi connectivity index (χ3v) is 2.56. The summed E-state index contributed by atoms with van der Waals surface area (Å²) in [4.78, 5) is 14.5. The van der Waals surface area contributed by atoms with Crippen LogP contribution in [0.1, 0.15) is 16.1 Å². The summed E-state index contributed by atoms with van der Waals surface area (Å²) in [5, 5.41) is 8.83. The number of imidazole rings is 1. The van der Waals surface area contributed by atoms with Crippen LogP contribution < -0.4 is 4.74 Å². The third kappa shape index (κ3) is 2.58. The zero-order valence-corrected chi connectivity index (χ0v) is 10.2. The lowest BCUT2D eigenvalue weighted by atomic mass is 10.2. The van der Waals surface area contributed by atoms with Crippen molar-refractivity contribution in [2.45, 2.75) is 6.18 Å². The molecule has 1 N–H and O–H groups in total. The molecule has 0 saturated carbocycles. The number of nitrogens with zero attached hydrogens (tertiary/aromatic N) is 2. The standard InChI is InChI=1S/C12H9F3N2O3/c1-17-8(10(18)19)6-16-11(17)20-9-5-3-2-4-7(9)12(13,14)15/h2-6H,1H3,(H,18,19). The van der Waals surface area contributed by atoms with Gasteiger partial charge in [-0.25, -0.2) is 9.78 Å². The normalized spacial score (nSPS) is 11.4. The number of ether oxygens (including phenoxy) is 1. The number of aromatic nitrogens is 2. The molecule has 1 aromatic carbocycles. The molecule has 0 radical (unpaired) electrons. The number of rotatable bonds is 3. The van der Waals surface area contributed by atoms with Crippen LogP contribution >= 0.6 is 0 Å². The summed E-state index contributed by atoms with van der Waals surface area (Å²) in [6, 6.07) is 4.38. The fraction of sp³-hybridized carbons (Fsp3) is 0.167. The molecule has 0 amide bonds. The molecule has 1 aromatic heterocycles. The lowest BCUT2D eigenvalue weighted by Gasteiger charge is -2.12. The van der Waals surface area contributed by atoms with Crippen molar-refractivity contribution in [1.82, 2.24) is 9.55 Å². The summed E-state index contributed by atoms with van der Waals surface area (Å²) in [5.41, 5.74) is -1.15. The fourth-order valence-electron chi connectivity index (χ4n) is 1.57. The predicted molar refractivity (Wildman–Crippen MR) is 61.7 cm³/mol. The molecule has 20 heavy (non-hydrogen) atoms. The number of halogens is 3. The van der Waals surface area contributed by atoms with Crippen molar-refractivity contribution in [2.75, 3.05) is 0 Å². The number of carboxylic acids is 1. The van der Waals surface area contributed by atoms with Crippen molar-refractivity contribution in [1.29, 1.82) is 0 Å². The maximum Gasteiger partial charge on any atom is 0.419 e. The highest BCUT2D eigenvalue weighted by molar-refractivity contribution is 5.85. The summed E-state index contributed by atoms with van der Waals surface area (Å²) in [7, 11) is 1.34. The third-order valence-electron chi connectivity index (χ3n) is 2.56. The number of carboxylic acid groups (broad SMARTS) is 1. The molecule has 0 unspecified atom stereocenters. The zero-order valence-electron chi connectivity index (χ0n) is 10.2. The van der Waals surface area contributed by atoms with E-state index < -0.39 is 23.5 Å². The van der Waals surface area contributed by atoms with E-state index in [0.717, 1.165) is 22.9 Å². The van der Waals surface area contributed by atoms with Crippen LogP contribution in [0, 0.1) is 0 Å². The maximum atomic E-state index is 12.8. The van der Waals surface area contributed by atoms with Crippen LogP contribution in [0.25, 0.3) is 0 Å². The second-order valence-electron chi connectivity index (χ2n) is 3.89. The highest BCUT2D eigenvalue weighted by atomic mass is 19.4. The van der Waals surface area contributed by atoms with Crippen LogP contribution in [0.2, 0.25) is 0 Å². The average molecular weight is 286 g/mol. The van der Waals surface area contributed by atoms with Gasteiger partial charge in [0.05, 0.1) is 11.8 Å². The Morgan fingerprint density at radius 3 is 2.55 bits per heavy atom. The SMILES string of the molecule is Cn1c(C(=O)O)cnc1Oc1ccccc1C(F)(F)F. The van der Waals surface area contributed by atoms with Gasteiger partial charge in [-0.05, 0) is 12.1 Å². The minimum Gasteiger partial charge on any atom is -0.477 e. The highest BCUT2D eigenvalue weighted by Crippen LogP contribution is 2.37. The number of aromatic carboxylic acids is 1. The van der Waals surface area contributed by atoms with Gasteiger partial charge in [0.1, 0.15) is 11.4 Å². The zero-order chi connectivity index (χ0) is 14.9. The molecule has 2 aromatic rings. The number of hydrogen-bond acceptors (Lipinski definition) is 3. The van der Waals surface area contributed by atoms with E-state index in [1.54, 1.807) is 0 Å². The quantitative estimate of drug-likeness (QED) is 0.942. The summed E-state index contributed by atoms with van der Waals surface area (Å²) >= 11 is 0. The average Bonchev–Trinajstić information content (AvgIpc) is 2.70. The van der Waals surface area contributed by atoms with Crippen molar-refractivity contribution in [3.8, 4) is 11.8 Å². The van der Waals surface area contributed by atoms with E-state index in [4.69, 9.17) is 9.84 Å². The molecule has 0 bridgehead atoms. The summed E-state index contributed by atoms with van der Waals surface area (Å²) < 4.78 is 44.5. The molecular formula is C12H9F3N2O3. The monoisotopic (exact) mass is 286 g/mol. The van der Waals surface area contributed by atoms with Crippen molar-refractivity contribution in [3.63, 3.8) is 0 Å². The maximum absolute atomic E-state index is 12.8. The van der Waals surface area contributed by atoms with E-state index in [-0.39, 0.29) is 11.7 Å². The molecule has 2 rings (SSSR count). The molecule has 0 fully saturated rings. The van der Waals surface area contributed by atoms with E-state index in [0.29, 0.717) is 0 Å². The Morgan fingerprint density at radius 2 is 2.00 bits per heavy atom. The van der Waals surface area contributed by atoms with Gasteiger partial charge in [0, 0.05) is 7.05 Å². The van der Waals surface area contributed by atoms with Crippen molar-refractivity contribution < 1.29 is 27.8 Å². The lowest BCUT2D eigenvalue weighted by Crippen LogP contribution is -2.09. The summed E-state index contributed by atoms with van der Waals surface area (Å²) in [5.74, 6) is -1.69. The van der Waals surface area contributed by atoms with Gasteiger partial charge in [0.25, 0.3) is 0 Å². The number of benzene rings is 1. The first-order chi connectivity index (χ1) is 9.30. The van der Waals surface area contributed by atoms with E-state index in [2.05, 4.69) is 4.98 Å². The van der Waals surface area contributed by atoms with Crippen molar-refractivity contribution in [3.05, 3.63) is 41.7 Å². The van der Waals surface area contributed by atoms with Gasteiger partial charge in [-0.15, -0.1) is 0 Å². The van der Waals surface area contributed by atoms with E-state index in [1.807, 2.05) is 0 Å². The summed E-state index contributed by atoms with van der Waals surface area (Å²) in [6.45, 7) is 0. The first kappa shape index (κ1) is 13.9. The minimum absolute atomic E-state index is 0.190. The topological polar surface area (TPSA) is 64.4 Å². The van der Waals surface area contributed by atoms with Crippen molar-refractivity contribution >= 4 is 5.97 Å². The van der Waals surface area contributed by atoms with E-state index >= 15 is 0 Å². The Balaban J connectivity index is 2.39. The van der Waals surface area contributed by atoms with Crippen LogP contribution in [0.15, 0.2) is 30.5 Å². The Bertz CT molecular complexity index is 650. The molecule has 8 heteroatoms. The van der Waals surface area contributed by atoms with Crippen LogP contribution in [0.4, 0.5) is 13.2 Å². The van der Waals surface area contributed by atoms with Crippen molar-refractivity contribution in [2.24, 2.45) is 7.05 Å². The molecule has 0 spiro atoms. The molecule has 0 saturated heterocycles.